The second-order valence-electron chi connectivity index (χ2n) is 9.46. The van der Waals surface area contributed by atoms with Gasteiger partial charge in [0.05, 0.1) is 27.0 Å². The van der Waals surface area contributed by atoms with Gasteiger partial charge in [-0.1, -0.05) is 60.7 Å². The van der Waals surface area contributed by atoms with Crippen LogP contribution in [0.5, 0.6) is 0 Å². The highest BCUT2D eigenvalue weighted by Crippen LogP contribution is 2.44. The van der Waals surface area contributed by atoms with Crippen molar-refractivity contribution in [1.29, 1.82) is 0 Å². The minimum absolute atomic E-state index is 0.120. The van der Waals surface area contributed by atoms with Gasteiger partial charge in [-0.15, -0.1) is 0 Å². The Kier molecular flexibility index (Phi) is 3.66. The lowest BCUT2D eigenvalue weighted by Gasteiger charge is -2.06. The van der Waals surface area contributed by atoms with Gasteiger partial charge >= 0.3 is 0 Å². The Morgan fingerprint density at radius 1 is 0.556 bits per heavy atom. The van der Waals surface area contributed by atoms with Crippen LogP contribution in [0.4, 0.5) is 5.69 Å². The Labute approximate surface area is 205 Å². The Morgan fingerprint density at radius 2 is 1.03 bits per heavy atom. The molecule has 0 atom stereocenters. The Bertz CT molecular complexity index is 2070. The van der Waals surface area contributed by atoms with Crippen molar-refractivity contribution in [3.63, 3.8) is 0 Å². The van der Waals surface area contributed by atoms with E-state index in [1.165, 1.54) is 21.5 Å². The van der Waals surface area contributed by atoms with E-state index < -0.39 is 0 Å². The molecule has 8 rings (SSSR count). The molecule has 0 saturated heterocycles. The molecule has 4 nitrogen and oxygen atoms in total. The number of rotatable bonds is 2. The third-order valence-electron chi connectivity index (χ3n) is 7.54. The van der Waals surface area contributed by atoms with Crippen molar-refractivity contribution in [2.24, 2.45) is 0 Å². The van der Waals surface area contributed by atoms with Gasteiger partial charge in [0.15, 0.2) is 0 Å². The minimum atomic E-state index is -0.295. The molecule has 0 amide bonds. The van der Waals surface area contributed by atoms with E-state index in [0.717, 1.165) is 43.7 Å². The van der Waals surface area contributed by atoms with E-state index in [1.807, 2.05) is 12.1 Å². The first-order valence-electron chi connectivity index (χ1n) is 12.0. The molecule has 2 aromatic heterocycles. The van der Waals surface area contributed by atoms with Crippen molar-refractivity contribution in [2.45, 2.75) is 0 Å². The molecule has 6 aromatic carbocycles. The summed E-state index contributed by atoms with van der Waals surface area (Å²) >= 11 is 0. The summed E-state index contributed by atoms with van der Waals surface area (Å²) in [7, 11) is 0. The minimum Gasteiger partial charge on any atom is -0.308 e. The lowest BCUT2D eigenvalue weighted by Crippen LogP contribution is -1.91. The van der Waals surface area contributed by atoms with Gasteiger partial charge < -0.3 is 4.40 Å². The van der Waals surface area contributed by atoms with E-state index in [9.17, 15) is 10.1 Å². The normalized spacial score (nSPS) is 12.1. The van der Waals surface area contributed by atoms with E-state index in [2.05, 4.69) is 89.3 Å². The number of para-hydroxylation sites is 1. The molecule has 0 aliphatic heterocycles. The average Bonchev–Trinajstić information content (AvgIpc) is 3.40. The van der Waals surface area contributed by atoms with Crippen LogP contribution in [-0.4, -0.2) is 9.32 Å². The maximum Gasteiger partial charge on any atom is 0.277 e. The summed E-state index contributed by atoms with van der Waals surface area (Å²) in [5.41, 5.74) is 5.08. The second kappa shape index (κ2) is 6.80. The fourth-order valence-corrected chi connectivity index (χ4v) is 5.95. The molecule has 0 aliphatic carbocycles. The number of nitrogens with zero attached hydrogens (tertiary/aromatic N) is 2. The summed E-state index contributed by atoms with van der Waals surface area (Å²) in [6.07, 6.45) is 0. The van der Waals surface area contributed by atoms with Gasteiger partial charge in [0.25, 0.3) is 5.69 Å². The summed E-state index contributed by atoms with van der Waals surface area (Å²) in [6, 6.07) is 37.1. The maximum atomic E-state index is 11.9. The van der Waals surface area contributed by atoms with E-state index >= 15 is 0 Å². The molecule has 36 heavy (non-hydrogen) atoms. The number of fused-ring (bicyclic) bond motifs is 8. The van der Waals surface area contributed by atoms with Crippen LogP contribution in [0.25, 0.3) is 70.8 Å². The van der Waals surface area contributed by atoms with E-state index in [0.29, 0.717) is 5.56 Å². The van der Waals surface area contributed by atoms with Crippen LogP contribution in [-0.2, 0) is 0 Å². The molecule has 168 valence electrons. The van der Waals surface area contributed by atoms with Crippen LogP contribution < -0.4 is 0 Å². The third kappa shape index (κ3) is 2.48. The highest BCUT2D eigenvalue weighted by Gasteiger charge is 2.22. The van der Waals surface area contributed by atoms with Crippen molar-refractivity contribution < 1.29 is 4.92 Å². The Balaban J connectivity index is 1.63. The number of hydrogen-bond donors (Lipinski definition) is 0. The predicted octanol–water partition coefficient (Wildman–Crippen LogP) is 8.72. The molecule has 0 aliphatic rings. The Hall–Kier alpha value is -4.96. The number of nitro benzene ring substituents is 1. The SMILES string of the molecule is O=[N+]([O-])c1ccccc1-c1cc2c3cc4ccccc4cc3n3c4cc5ccccc5cc4c(c1)c23. The first-order valence-corrected chi connectivity index (χ1v) is 12.0. The molecular weight excluding hydrogens is 444 g/mol. The van der Waals surface area contributed by atoms with E-state index in [-0.39, 0.29) is 10.6 Å². The topological polar surface area (TPSA) is 47.5 Å². The zero-order valence-corrected chi connectivity index (χ0v) is 19.1. The molecule has 2 heterocycles. The van der Waals surface area contributed by atoms with E-state index in [1.54, 1.807) is 12.1 Å². The molecule has 0 N–H and O–H groups in total. The summed E-state index contributed by atoms with van der Waals surface area (Å²) in [5.74, 6) is 0. The third-order valence-corrected chi connectivity index (χ3v) is 7.54. The summed E-state index contributed by atoms with van der Waals surface area (Å²) in [5, 5.41) is 21.2. The van der Waals surface area contributed by atoms with Gasteiger partial charge in [0.2, 0.25) is 0 Å². The van der Waals surface area contributed by atoms with Crippen LogP contribution in [0.15, 0.2) is 109 Å². The highest BCUT2D eigenvalue weighted by atomic mass is 16.6. The fraction of sp³-hybridized carbons (Fsp3) is 0. The average molecular weight is 463 g/mol. The molecular formula is C32H18N2O2. The van der Waals surface area contributed by atoms with Crippen LogP contribution in [0.3, 0.4) is 0 Å². The number of benzene rings is 6. The summed E-state index contributed by atoms with van der Waals surface area (Å²) in [6.45, 7) is 0. The zero-order chi connectivity index (χ0) is 24.0. The summed E-state index contributed by atoms with van der Waals surface area (Å²) < 4.78 is 2.37. The van der Waals surface area contributed by atoms with Crippen molar-refractivity contribution in [3.05, 3.63) is 119 Å². The smallest absolute Gasteiger partial charge is 0.277 e. The van der Waals surface area contributed by atoms with Gasteiger partial charge in [-0.05, 0) is 69.6 Å². The monoisotopic (exact) mass is 462 g/mol. The lowest BCUT2D eigenvalue weighted by atomic mass is 9.97. The molecule has 4 heteroatoms. The summed E-state index contributed by atoms with van der Waals surface area (Å²) in [4.78, 5) is 11.6. The maximum absolute atomic E-state index is 11.9. The molecule has 0 unspecified atom stereocenters. The molecule has 0 fully saturated rings. The molecule has 0 saturated carbocycles. The Morgan fingerprint density at radius 3 is 1.56 bits per heavy atom. The first-order chi connectivity index (χ1) is 17.7. The number of aromatic nitrogens is 1. The zero-order valence-electron chi connectivity index (χ0n) is 19.1. The number of hydrogen-bond acceptors (Lipinski definition) is 2. The molecule has 0 bridgehead atoms. The van der Waals surface area contributed by atoms with Crippen molar-refractivity contribution in [1.82, 2.24) is 4.40 Å². The second-order valence-corrected chi connectivity index (χ2v) is 9.46. The van der Waals surface area contributed by atoms with Crippen molar-refractivity contribution in [2.75, 3.05) is 0 Å². The van der Waals surface area contributed by atoms with Crippen LogP contribution in [0, 0.1) is 10.1 Å². The van der Waals surface area contributed by atoms with E-state index in [4.69, 9.17) is 0 Å². The first kappa shape index (κ1) is 19.4. The quantitative estimate of drug-likeness (QED) is 0.190. The largest absolute Gasteiger partial charge is 0.308 e. The highest BCUT2D eigenvalue weighted by molar-refractivity contribution is 6.27. The van der Waals surface area contributed by atoms with Crippen molar-refractivity contribution >= 4 is 65.3 Å². The van der Waals surface area contributed by atoms with Crippen molar-refractivity contribution in [3.8, 4) is 11.1 Å². The van der Waals surface area contributed by atoms with Gasteiger partial charge in [-0.2, -0.15) is 0 Å². The van der Waals surface area contributed by atoms with Gasteiger partial charge in [-0.25, -0.2) is 0 Å². The standard InChI is InChI=1S/C32H18N2O2/c35-34(36)29-12-6-5-11-24(29)23-15-27-25-13-19-7-1-3-9-21(19)17-30(25)33-31-18-22-10-4-2-8-20(22)14-26(31)28(16-23)32(27)33/h1-18H. The molecule has 0 radical (unpaired) electrons. The van der Waals surface area contributed by atoms with Gasteiger partial charge in [-0.3, -0.25) is 10.1 Å². The van der Waals surface area contributed by atoms with Crippen LogP contribution >= 0.6 is 0 Å². The fourth-order valence-electron chi connectivity index (χ4n) is 5.95. The van der Waals surface area contributed by atoms with Crippen LogP contribution in [0.2, 0.25) is 0 Å². The van der Waals surface area contributed by atoms with Crippen LogP contribution in [0.1, 0.15) is 0 Å². The predicted molar refractivity (Wildman–Crippen MR) is 148 cm³/mol. The van der Waals surface area contributed by atoms with Gasteiger partial charge in [0.1, 0.15) is 0 Å². The van der Waals surface area contributed by atoms with Gasteiger partial charge in [0, 0.05) is 27.6 Å². The number of nitro groups is 1. The lowest BCUT2D eigenvalue weighted by molar-refractivity contribution is -0.384. The molecule has 0 spiro atoms. The molecule has 8 aromatic rings.